The largest absolute Gasteiger partial charge is 0.472 e. The number of nitrogens with one attached hydrogen (secondary N) is 1. The van der Waals surface area contributed by atoms with Crippen LogP contribution in [-0.4, -0.2) is 6.54 Å². The second kappa shape index (κ2) is 4.36. The summed E-state index contributed by atoms with van der Waals surface area (Å²) in [5.74, 6) is 0.946. The topological polar surface area (TPSA) is 38.3 Å². The number of hydrogen-bond acceptors (Lipinski definition) is 3. The number of furan rings is 2. The molecule has 0 aromatic carbocycles. The van der Waals surface area contributed by atoms with E-state index in [0.29, 0.717) is 0 Å². The molecule has 15 heavy (non-hydrogen) atoms. The zero-order valence-electron chi connectivity index (χ0n) is 8.99. The lowest BCUT2D eigenvalue weighted by atomic mass is 10.0. The molecule has 0 spiro atoms. The van der Waals surface area contributed by atoms with Gasteiger partial charge < -0.3 is 14.2 Å². The highest BCUT2D eigenvalue weighted by atomic mass is 16.3. The summed E-state index contributed by atoms with van der Waals surface area (Å²) in [5, 5.41) is 3.41. The summed E-state index contributed by atoms with van der Waals surface area (Å²) in [6.07, 6.45) is 5.17. The zero-order valence-corrected chi connectivity index (χ0v) is 8.99. The van der Waals surface area contributed by atoms with Gasteiger partial charge in [0.05, 0.1) is 24.8 Å². The average Bonchev–Trinajstić information content (AvgIpc) is 2.85. The van der Waals surface area contributed by atoms with E-state index >= 15 is 0 Å². The Morgan fingerprint density at radius 3 is 2.73 bits per heavy atom. The van der Waals surface area contributed by atoms with Crippen molar-refractivity contribution in [3.05, 3.63) is 47.8 Å². The van der Waals surface area contributed by atoms with Crippen LogP contribution in [0.5, 0.6) is 0 Å². The van der Waals surface area contributed by atoms with E-state index in [1.54, 1.807) is 18.8 Å². The van der Waals surface area contributed by atoms with Crippen LogP contribution >= 0.6 is 0 Å². The standard InChI is InChI=1S/C12H15NO2/c1-3-13-12(10-4-6-14-8-10)11-5-7-15-9(11)2/h4-8,12-13H,3H2,1-2H3. The quantitative estimate of drug-likeness (QED) is 0.834. The molecule has 3 nitrogen and oxygen atoms in total. The summed E-state index contributed by atoms with van der Waals surface area (Å²) in [4.78, 5) is 0. The first-order valence-electron chi connectivity index (χ1n) is 5.12. The van der Waals surface area contributed by atoms with Crippen LogP contribution in [0.15, 0.2) is 39.8 Å². The molecule has 0 bridgehead atoms. The first kappa shape index (κ1) is 10.1. The van der Waals surface area contributed by atoms with Gasteiger partial charge in [-0.2, -0.15) is 0 Å². The maximum atomic E-state index is 5.32. The molecular formula is C12H15NO2. The first-order valence-corrected chi connectivity index (χ1v) is 5.12. The maximum Gasteiger partial charge on any atom is 0.105 e. The van der Waals surface area contributed by atoms with Gasteiger partial charge >= 0.3 is 0 Å². The van der Waals surface area contributed by atoms with Crippen molar-refractivity contribution in [2.75, 3.05) is 6.54 Å². The molecule has 3 heteroatoms. The van der Waals surface area contributed by atoms with Crippen molar-refractivity contribution in [1.29, 1.82) is 0 Å². The van der Waals surface area contributed by atoms with Crippen LogP contribution < -0.4 is 5.32 Å². The van der Waals surface area contributed by atoms with Crippen LogP contribution in [0.1, 0.15) is 29.9 Å². The Balaban J connectivity index is 2.32. The molecule has 1 atom stereocenters. The predicted molar refractivity (Wildman–Crippen MR) is 57.7 cm³/mol. The van der Waals surface area contributed by atoms with Crippen LogP contribution in [-0.2, 0) is 0 Å². The average molecular weight is 205 g/mol. The lowest BCUT2D eigenvalue weighted by molar-refractivity contribution is 0.517. The third-order valence-electron chi connectivity index (χ3n) is 2.49. The van der Waals surface area contributed by atoms with E-state index in [2.05, 4.69) is 12.2 Å². The van der Waals surface area contributed by atoms with Gasteiger partial charge in [-0.1, -0.05) is 6.92 Å². The molecule has 0 fully saturated rings. The SMILES string of the molecule is CCNC(c1ccoc1)c1ccoc1C. The number of rotatable bonds is 4. The molecule has 1 N–H and O–H groups in total. The highest BCUT2D eigenvalue weighted by Crippen LogP contribution is 2.25. The monoisotopic (exact) mass is 205 g/mol. The second-order valence-corrected chi connectivity index (χ2v) is 3.48. The Bertz CT molecular complexity index is 403. The zero-order chi connectivity index (χ0) is 10.7. The molecule has 0 aliphatic carbocycles. The van der Waals surface area contributed by atoms with Gasteiger partial charge in [0.2, 0.25) is 0 Å². The Morgan fingerprint density at radius 2 is 2.20 bits per heavy atom. The molecule has 0 aliphatic heterocycles. The first-order chi connectivity index (χ1) is 7.33. The molecule has 0 radical (unpaired) electrons. The van der Waals surface area contributed by atoms with E-state index in [-0.39, 0.29) is 6.04 Å². The van der Waals surface area contributed by atoms with Crippen LogP contribution in [0.3, 0.4) is 0 Å². The molecule has 2 aromatic rings. The Hall–Kier alpha value is -1.48. The van der Waals surface area contributed by atoms with Crippen LogP contribution in [0.4, 0.5) is 0 Å². The van der Waals surface area contributed by atoms with Crippen molar-refractivity contribution in [2.24, 2.45) is 0 Å². The summed E-state index contributed by atoms with van der Waals surface area (Å²) in [5.41, 5.74) is 2.29. The predicted octanol–water partition coefficient (Wildman–Crippen LogP) is 2.88. The van der Waals surface area contributed by atoms with Gasteiger partial charge in [-0.25, -0.2) is 0 Å². The van der Waals surface area contributed by atoms with E-state index in [4.69, 9.17) is 8.83 Å². The molecule has 2 rings (SSSR count). The van der Waals surface area contributed by atoms with Crippen LogP contribution in [0.25, 0.3) is 0 Å². The summed E-state index contributed by atoms with van der Waals surface area (Å²) in [6, 6.07) is 4.13. The van der Waals surface area contributed by atoms with Gasteiger partial charge in [-0.15, -0.1) is 0 Å². The van der Waals surface area contributed by atoms with Gasteiger partial charge in [-0.3, -0.25) is 0 Å². The van der Waals surface area contributed by atoms with E-state index in [9.17, 15) is 0 Å². The minimum Gasteiger partial charge on any atom is -0.472 e. The molecule has 1 unspecified atom stereocenters. The fourth-order valence-electron chi connectivity index (χ4n) is 1.75. The fourth-order valence-corrected chi connectivity index (χ4v) is 1.75. The Morgan fingerprint density at radius 1 is 1.33 bits per heavy atom. The van der Waals surface area contributed by atoms with Gasteiger partial charge in [0.15, 0.2) is 0 Å². The van der Waals surface area contributed by atoms with Crippen LogP contribution in [0.2, 0.25) is 0 Å². The highest BCUT2D eigenvalue weighted by molar-refractivity contribution is 5.30. The van der Waals surface area contributed by atoms with Crippen molar-refractivity contribution in [3.63, 3.8) is 0 Å². The number of aryl methyl sites for hydroxylation is 1. The molecule has 0 aliphatic rings. The molecular weight excluding hydrogens is 190 g/mol. The second-order valence-electron chi connectivity index (χ2n) is 3.48. The third-order valence-corrected chi connectivity index (χ3v) is 2.49. The minimum atomic E-state index is 0.160. The third kappa shape index (κ3) is 1.97. The summed E-state index contributed by atoms with van der Waals surface area (Å²) in [6.45, 7) is 4.96. The van der Waals surface area contributed by atoms with Crippen molar-refractivity contribution in [3.8, 4) is 0 Å². The van der Waals surface area contributed by atoms with Crippen molar-refractivity contribution in [2.45, 2.75) is 19.9 Å². The highest BCUT2D eigenvalue weighted by Gasteiger charge is 2.17. The molecule has 0 saturated carbocycles. The normalized spacial score (nSPS) is 12.9. The van der Waals surface area contributed by atoms with Crippen molar-refractivity contribution in [1.82, 2.24) is 5.32 Å². The maximum absolute atomic E-state index is 5.32. The van der Waals surface area contributed by atoms with E-state index in [1.165, 1.54) is 5.56 Å². The van der Waals surface area contributed by atoms with Gasteiger partial charge in [0.1, 0.15) is 5.76 Å². The Kier molecular flexibility index (Phi) is 2.92. The number of hydrogen-bond donors (Lipinski definition) is 1. The fraction of sp³-hybridized carbons (Fsp3) is 0.333. The lowest BCUT2D eigenvalue weighted by Crippen LogP contribution is -2.21. The molecule has 80 valence electrons. The molecule has 0 saturated heterocycles. The van der Waals surface area contributed by atoms with E-state index in [1.807, 2.05) is 19.1 Å². The minimum absolute atomic E-state index is 0.160. The molecule has 2 heterocycles. The van der Waals surface area contributed by atoms with E-state index in [0.717, 1.165) is 17.9 Å². The van der Waals surface area contributed by atoms with Crippen molar-refractivity contribution < 1.29 is 8.83 Å². The molecule has 2 aromatic heterocycles. The summed E-state index contributed by atoms with van der Waals surface area (Å²) < 4.78 is 10.4. The van der Waals surface area contributed by atoms with Gasteiger partial charge in [0, 0.05) is 11.1 Å². The van der Waals surface area contributed by atoms with Crippen LogP contribution in [0, 0.1) is 6.92 Å². The smallest absolute Gasteiger partial charge is 0.105 e. The Labute approximate surface area is 89.1 Å². The van der Waals surface area contributed by atoms with E-state index < -0.39 is 0 Å². The van der Waals surface area contributed by atoms with Crippen molar-refractivity contribution >= 4 is 0 Å². The summed E-state index contributed by atoms with van der Waals surface area (Å²) in [7, 11) is 0. The van der Waals surface area contributed by atoms with Gasteiger partial charge in [-0.05, 0) is 25.6 Å². The molecule has 0 amide bonds. The summed E-state index contributed by atoms with van der Waals surface area (Å²) >= 11 is 0. The lowest BCUT2D eigenvalue weighted by Gasteiger charge is -2.15. The van der Waals surface area contributed by atoms with Gasteiger partial charge in [0.25, 0.3) is 0 Å².